The van der Waals surface area contributed by atoms with Crippen molar-refractivity contribution in [2.45, 2.75) is 19.5 Å². The third kappa shape index (κ3) is 3.40. The van der Waals surface area contributed by atoms with E-state index in [0.717, 1.165) is 10.0 Å². The van der Waals surface area contributed by atoms with Crippen molar-refractivity contribution in [2.24, 2.45) is 0 Å². The molecule has 0 saturated carbocycles. The molecular weight excluding hydrogens is 302 g/mol. The number of benzene rings is 1. The third-order valence-electron chi connectivity index (χ3n) is 2.69. The summed E-state index contributed by atoms with van der Waals surface area (Å²) in [6.07, 6.45) is 1.71. The second-order valence-electron chi connectivity index (χ2n) is 4.24. The minimum Gasteiger partial charge on any atom is -0.305 e. The molecule has 0 aliphatic carbocycles. The molecule has 1 aromatic rings. The van der Waals surface area contributed by atoms with Crippen molar-refractivity contribution in [1.82, 2.24) is 5.32 Å². The van der Waals surface area contributed by atoms with E-state index >= 15 is 0 Å². The molecule has 3 nitrogen and oxygen atoms in total. The Morgan fingerprint density at radius 2 is 2.24 bits per heavy atom. The molecule has 0 radical (unpaired) electrons. The number of hydrogen-bond acceptors (Lipinski definition) is 3. The van der Waals surface area contributed by atoms with Gasteiger partial charge in [-0.2, -0.15) is 0 Å². The van der Waals surface area contributed by atoms with Crippen molar-refractivity contribution < 1.29 is 8.42 Å². The zero-order valence-electron chi connectivity index (χ0n) is 9.48. The van der Waals surface area contributed by atoms with Crippen LogP contribution >= 0.6 is 15.9 Å². The van der Waals surface area contributed by atoms with Gasteiger partial charge in [0, 0.05) is 22.5 Å². The maximum absolute atomic E-state index is 11.2. The van der Waals surface area contributed by atoms with Crippen LogP contribution in [0.3, 0.4) is 0 Å². The number of aryl methyl sites for hydroxylation is 1. The van der Waals surface area contributed by atoms with Gasteiger partial charge < -0.3 is 5.32 Å². The molecule has 1 heterocycles. The molecule has 0 aromatic heterocycles. The highest BCUT2D eigenvalue weighted by Crippen LogP contribution is 2.18. The maximum atomic E-state index is 11.2. The zero-order valence-corrected chi connectivity index (χ0v) is 11.9. The molecule has 2 rings (SSSR count). The van der Waals surface area contributed by atoms with Crippen LogP contribution in [0, 0.1) is 6.92 Å². The van der Waals surface area contributed by atoms with Crippen LogP contribution < -0.4 is 5.32 Å². The smallest absolute Gasteiger partial charge is 0.173 e. The summed E-state index contributed by atoms with van der Waals surface area (Å²) < 4.78 is 23.5. The highest BCUT2D eigenvalue weighted by molar-refractivity contribution is 9.10. The molecule has 0 saturated heterocycles. The average Bonchev–Trinajstić information content (AvgIpc) is 2.57. The minimum atomic E-state index is -2.97. The van der Waals surface area contributed by atoms with E-state index in [9.17, 15) is 8.42 Å². The van der Waals surface area contributed by atoms with Crippen LogP contribution in [0.1, 0.15) is 11.1 Å². The first-order valence-corrected chi connectivity index (χ1v) is 7.86. The molecule has 1 aliphatic heterocycles. The number of rotatable bonds is 3. The predicted octanol–water partition coefficient (Wildman–Crippen LogP) is 2.16. The van der Waals surface area contributed by atoms with Gasteiger partial charge in [-0.1, -0.05) is 34.1 Å². The van der Waals surface area contributed by atoms with E-state index < -0.39 is 9.84 Å². The lowest BCUT2D eigenvalue weighted by Gasteiger charge is -2.11. The van der Waals surface area contributed by atoms with E-state index in [1.165, 1.54) is 11.0 Å². The Balaban J connectivity index is 1.97. The maximum Gasteiger partial charge on any atom is 0.173 e. The number of hydrogen-bond donors (Lipinski definition) is 1. The lowest BCUT2D eigenvalue weighted by atomic mass is 10.1. The number of halogens is 1. The molecule has 1 atom stereocenters. The monoisotopic (exact) mass is 315 g/mol. The summed E-state index contributed by atoms with van der Waals surface area (Å²) in [5.74, 6) is 0.163. The Bertz CT molecular complexity index is 552. The van der Waals surface area contributed by atoms with Crippen molar-refractivity contribution >= 4 is 25.8 Å². The van der Waals surface area contributed by atoms with Crippen LogP contribution in [0.4, 0.5) is 0 Å². The molecule has 1 unspecified atom stereocenters. The van der Waals surface area contributed by atoms with Crippen molar-refractivity contribution in [3.05, 3.63) is 45.3 Å². The van der Waals surface area contributed by atoms with E-state index in [1.807, 2.05) is 19.1 Å². The normalized spacial score (nSPS) is 21.9. The van der Waals surface area contributed by atoms with Gasteiger partial charge in [-0.25, -0.2) is 8.42 Å². The van der Waals surface area contributed by atoms with Crippen LogP contribution in [0.5, 0.6) is 0 Å². The number of nitrogens with one attached hydrogen (secondary N) is 1. The Kier molecular flexibility index (Phi) is 3.70. The molecule has 92 valence electrons. The molecule has 0 bridgehead atoms. The molecular formula is C12H14BrNO2S. The summed E-state index contributed by atoms with van der Waals surface area (Å²) in [6, 6.07) is 6.06. The molecule has 1 N–H and O–H groups in total. The van der Waals surface area contributed by atoms with Crippen LogP contribution in [-0.2, 0) is 16.4 Å². The quantitative estimate of drug-likeness (QED) is 0.929. The first-order valence-electron chi connectivity index (χ1n) is 5.36. The van der Waals surface area contributed by atoms with E-state index in [2.05, 4.69) is 27.3 Å². The lowest BCUT2D eigenvalue weighted by molar-refractivity contribution is 0.590. The minimum absolute atomic E-state index is 0.0757. The van der Waals surface area contributed by atoms with E-state index in [0.29, 0.717) is 6.54 Å². The third-order valence-corrected chi connectivity index (χ3v) is 4.83. The molecule has 1 aliphatic rings. The van der Waals surface area contributed by atoms with E-state index in [1.54, 1.807) is 6.08 Å². The Morgan fingerprint density at radius 1 is 1.47 bits per heavy atom. The van der Waals surface area contributed by atoms with Gasteiger partial charge in [0.2, 0.25) is 0 Å². The van der Waals surface area contributed by atoms with Gasteiger partial charge in [0.25, 0.3) is 0 Å². The molecule has 0 amide bonds. The van der Waals surface area contributed by atoms with Gasteiger partial charge in [0.05, 0.1) is 5.75 Å². The van der Waals surface area contributed by atoms with Crippen molar-refractivity contribution in [2.75, 3.05) is 5.75 Å². The summed E-state index contributed by atoms with van der Waals surface area (Å²) in [5.41, 5.74) is 2.33. The van der Waals surface area contributed by atoms with Gasteiger partial charge in [-0.15, -0.1) is 0 Å². The van der Waals surface area contributed by atoms with Crippen LogP contribution in [0.2, 0.25) is 0 Å². The van der Waals surface area contributed by atoms with Gasteiger partial charge >= 0.3 is 0 Å². The van der Waals surface area contributed by atoms with Gasteiger partial charge in [0.1, 0.15) is 0 Å². The standard InChI is InChI=1S/C12H14BrNO2S/c1-9-2-3-10(12(13)6-9)7-14-11-4-5-17(15,16)8-11/h2-6,11,14H,7-8H2,1H3. The topological polar surface area (TPSA) is 46.2 Å². The largest absolute Gasteiger partial charge is 0.305 e. The molecule has 5 heteroatoms. The van der Waals surface area contributed by atoms with Crippen molar-refractivity contribution in [3.63, 3.8) is 0 Å². The number of sulfone groups is 1. The van der Waals surface area contributed by atoms with E-state index in [-0.39, 0.29) is 11.8 Å². The van der Waals surface area contributed by atoms with Crippen LogP contribution in [0.15, 0.2) is 34.2 Å². The summed E-state index contributed by atoms with van der Waals surface area (Å²) in [4.78, 5) is 0. The van der Waals surface area contributed by atoms with Gasteiger partial charge in [-0.3, -0.25) is 0 Å². The fourth-order valence-corrected chi connectivity index (χ4v) is 3.64. The first-order chi connectivity index (χ1) is 7.96. The summed E-state index contributed by atoms with van der Waals surface area (Å²) >= 11 is 3.50. The summed E-state index contributed by atoms with van der Waals surface area (Å²) in [5, 5.41) is 4.50. The molecule has 0 fully saturated rings. The second kappa shape index (κ2) is 4.92. The molecule has 0 spiro atoms. The molecule has 1 aromatic carbocycles. The first kappa shape index (κ1) is 12.8. The van der Waals surface area contributed by atoms with Gasteiger partial charge in [-0.05, 0) is 24.1 Å². The average molecular weight is 316 g/mol. The van der Waals surface area contributed by atoms with Crippen LogP contribution in [0.25, 0.3) is 0 Å². The van der Waals surface area contributed by atoms with Gasteiger partial charge in [0.15, 0.2) is 9.84 Å². The Labute approximate surface area is 110 Å². The summed E-state index contributed by atoms with van der Waals surface area (Å²) in [6.45, 7) is 2.69. The second-order valence-corrected chi connectivity index (χ2v) is 7.03. The van der Waals surface area contributed by atoms with Crippen molar-refractivity contribution in [3.8, 4) is 0 Å². The van der Waals surface area contributed by atoms with Crippen LogP contribution in [-0.4, -0.2) is 20.2 Å². The van der Waals surface area contributed by atoms with E-state index in [4.69, 9.17) is 0 Å². The fraction of sp³-hybridized carbons (Fsp3) is 0.333. The summed E-state index contributed by atoms with van der Waals surface area (Å²) in [7, 11) is -2.97. The predicted molar refractivity (Wildman–Crippen MR) is 72.4 cm³/mol. The Hall–Kier alpha value is -0.650. The fourth-order valence-electron chi connectivity index (χ4n) is 1.74. The molecule has 17 heavy (non-hydrogen) atoms. The van der Waals surface area contributed by atoms with Crippen molar-refractivity contribution in [1.29, 1.82) is 0 Å². The lowest BCUT2D eigenvalue weighted by Crippen LogP contribution is -2.29. The SMILES string of the molecule is Cc1ccc(CNC2C=CS(=O)(=O)C2)c(Br)c1. The highest BCUT2D eigenvalue weighted by atomic mass is 79.9. The highest BCUT2D eigenvalue weighted by Gasteiger charge is 2.20. The Morgan fingerprint density at radius 3 is 2.82 bits per heavy atom. The zero-order chi connectivity index (χ0) is 12.5.